The number of nitrogens with one attached hydrogen (secondary N) is 1. The topological polar surface area (TPSA) is 21.3 Å². The average Bonchev–Trinajstić information content (AvgIpc) is 2.15. The molecule has 0 atom stereocenters. The van der Waals surface area contributed by atoms with E-state index >= 15 is 0 Å². The van der Waals surface area contributed by atoms with Gasteiger partial charge in [-0.15, -0.1) is 0 Å². The highest BCUT2D eigenvalue weighted by Gasteiger charge is 2.18. The summed E-state index contributed by atoms with van der Waals surface area (Å²) in [6.07, 6.45) is 0. The Labute approximate surface area is 88.2 Å². The number of fused-ring (bicyclic) bond motifs is 1. The van der Waals surface area contributed by atoms with Gasteiger partial charge >= 0.3 is 0 Å². The minimum atomic E-state index is -0.460. The smallest absolute Gasteiger partial charge is 0.158 e. The summed E-state index contributed by atoms with van der Waals surface area (Å²) in [6.45, 7) is 1.24. The normalized spacial score (nSPS) is 14.4. The molecule has 2 nitrogen and oxygen atoms in total. The van der Waals surface area contributed by atoms with Crippen LogP contribution in [0.3, 0.4) is 0 Å². The third-order valence-electron chi connectivity index (χ3n) is 1.79. The molecule has 0 saturated carbocycles. The summed E-state index contributed by atoms with van der Waals surface area (Å²) in [5.41, 5.74) is 0.633. The van der Waals surface area contributed by atoms with Gasteiger partial charge in [-0.05, 0) is 15.9 Å². The molecule has 0 amide bonds. The average molecular weight is 266 g/mol. The van der Waals surface area contributed by atoms with Crippen LogP contribution in [0.5, 0.6) is 5.75 Å². The summed E-state index contributed by atoms with van der Waals surface area (Å²) in [4.78, 5) is 0. The quantitative estimate of drug-likeness (QED) is 0.729. The van der Waals surface area contributed by atoms with Crippen molar-refractivity contribution in [3.05, 3.63) is 21.4 Å². The van der Waals surface area contributed by atoms with Crippen molar-refractivity contribution in [2.45, 2.75) is 0 Å². The van der Waals surface area contributed by atoms with Crippen molar-refractivity contribution in [1.82, 2.24) is 0 Å². The van der Waals surface area contributed by atoms with E-state index < -0.39 is 5.82 Å². The molecule has 0 spiro atoms. The number of hydrogen-bond donors (Lipinski definition) is 1. The van der Waals surface area contributed by atoms with Crippen LogP contribution in [0.4, 0.5) is 10.1 Å². The Morgan fingerprint density at radius 3 is 3.15 bits per heavy atom. The minimum Gasteiger partial charge on any atom is -0.489 e. The number of anilines is 1. The van der Waals surface area contributed by atoms with Crippen LogP contribution in [0.1, 0.15) is 0 Å². The second kappa shape index (κ2) is 3.35. The molecule has 0 radical (unpaired) electrons. The Kier molecular flexibility index (Phi) is 2.34. The number of rotatable bonds is 0. The molecule has 1 aliphatic rings. The maximum absolute atomic E-state index is 13.2. The molecule has 0 aliphatic carbocycles. The zero-order chi connectivity index (χ0) is 9.42. The van der Waals surface area contributed by atoms with Gasteiger partial charge in [0.2, 0.25) is 0 Å². The SMILES string of the molecule is Fc1c(Cl)cc2c(c1Br)NCCO2. The van der Waals surface area contributed by atoms with Gasteiger partial charge in [0.1, 0.15) is 12.4 Å². The Balaban J connectivity index is 2.60. The number of ether oxygens (including phenoxy) is 1. The molecule has 13 heavy (non-hydrogen) atoms. The highest BCUT2D eigenvalue weighted by atomic mass is 79.9. The van der Waals surface area contributed by atoms with Crippen LogP contribution in [-0.2, 0) is 0 Å². The lowest BCUT2D eigenvalue weighted by atomic mass is 10.2. The van der Waals surface area contributed by atoms with Crippen LogP contribution in [0.15, 0.2) is 10.5 Å². The largest absolute Gasteiger partial charge is 0.489 e. The third kappa shape index (κ3) is 1.48. The molecule has 0 bridgehead atoms. The van der Waals surface area contributed by atoms with E-state index in [2.05, 4.69) is 21.2 Å². The molecular formula is C8H6BrClFNO. The van der Waals surface area contributed by atoms with Crippen LogP contribution in [0, 0.1) is 5.82 Å². The fourth-order valence-corrected chi connectivity index (χ4v) is 2.05. The Morgan fingerprint density at radius 2 is 2.38 bits per heavy atom. The molecular weight excluding hydrogens is 260 g/mol. The van der Waals surface area contributed by atoms with Crippen molar-refractivity contribution in [2.24, 2.45) is 0 Å². The minimum absolute atomic E-state index is 0.0642. The first-order valence-corrected chi connectivity index (χ1v) is 4.91. The van der Waals surface area contributed by atoms with E-state index in [9.17, 15) is 4.39 Å². The fourth-order valence-electron chi connectivity index (χ4n) is 1.19. The van der Waals surface area contributed by atoms with Crippen molar-refractivity contribution >= 4 is 33.2 Å². The van der Waals surface area contributed by atoms with E-state index in [0.29, 0.717) is 29.1 Å². The molecule has 1 aromatic rings. The molecule has 70 valence electrons. The van der Waals surface area contributed by atoms with Crippen molar-refractivity contribution < 1.29 is 9.13 Å². The molecule has 5 heteroatoms. The van der Waals surface area contributed by atoms with Gasteiger partial charge in [0.05, 0.1) is 15.2 Å². The monoisotopic (exact) mass is 265 g/mol. The van der Waals surface area contributed by atoms with E-state index in [4.69, 9.17) is 16.3 Å². The van der Waals surface area contributed by atoms with Crippen molar-refractivity contribution in [1.29, 1.82) is 0 Å². The second-order valence-corrected chi connectivity index (χ2v) is 3.83. The summed E-state index contributed by atoms with van der Waals surface area (Å²) in [5, 5.41) is 3.09. The van der Waals surface area contributed by atoms with Gasteiger partial charge in [-0.3, -0.25) is 0 Å². The van der Waals surface area contributed by atoms with Gasteiger partial charge in [-0.25, -0.2) is 4.39 Å². The first-order valence-electron chi connectivity index (χ1n) is 3.74. The van der Waals surface area contributed by atoms with Crippen molar-refractivity contribution in [3.8, 4) is 5.75 Å². The van der Waals surface area contributed by atoms with E-state index in [1.54, 1.807) is 0 Å². The highest BCUT2D eigenvalue weighted by molar-refractivity contribution is 9.10. The molecule has 2 rings (SSSR count). The van der Waals surface area contributed by atoms with E-state index in [1.165, 1.54) is 6.07 Å². The van der Waals surface area contributed by atoms with Gasteiger partial charge < -0.3 is 10.1 Å². The van der Waals surface area contributed by atoms with Gasteiger partial charge in [0.15, 0.2) is 5.82 Å². The maximum Gasteiger partial charge on any atom is 0.158 e. The Hall–Kier alpha value is -0.480. The Morgan fingerprint density at radius 1 is 1.62 bits per heavy atom. The third-order valence-corrected chi connectivity index (χ3v) is 2.81. The van der Waals surface area contributed by atoms with Gasteiger partial charge in [-0.1, -0.05) is 11.6 Å². The summed E-state index contributed by atoms with van der Waals surface area (Å²) in [7, 11) is 0. The predicted octanol–water partition coefficient (Wildman–Crippen LogP) is 3.05. The summed E-state index contributed by atoms with van der Waals surface area (Å²) >= 11 is 8.75. The predicted molar refractivity (Wildman–Crippen MR) is 53.1 cm³/mol. The molecule has 0 fully saturated rings. The summed E-state index contributed by atoms with van der Waals surface area (Å²) < 4.78 is 18.9. The number of halogens is 3. The molecule has 1 aromatic carbocycles. The summed E-state index contributed by atoms with van der Waals surface area (Å²) in [5.74, 6) is 0.128. The van der Waals surface area contributed by atoms with Crippen LogP contribution in [0.25, 0.3) is 0 Å². The lowest BCUT2D eigenvalue weighted by Crippen LogP contribution is -2.18. The highest BCUT2D eigenvalue weighted by Crippen LogP contribution is 2.39. The van der Waals surface area contributed by atoms with Crippen LogP contribution in [-0.4, -0.2) is 13.2 Å². The van der Waals surface area contributed by atoms with E-state index in [1.807, 2.05) is 0 Å². The second-order valence-electron chi connectivity index (χ2n) is 2.63. The van der Waals surface area contributed by atoms with Crippen LogP contribution in [0.2, 0.25) is 5.02 Å². The molecule has 0 aromatic heterocycles. The number of benzene rings is 1. The zero-order valence-corrected chi connectivity index (χ0v) is 8.88. The van der Waals surface area contributed by atoms with Gasteiger partial charge in [0.25, 0.3) is 0 Å². The summed E-state index contributed by atoms with van der Waals surface area (Å²) in [6, 6.07) is 1.48. The van der Waals surface area contributed by atoms with E-state index in [0.717, 1.165) is 0 Å². The van der Waals surface area contributed by atoms with E-state index in [-0.39, 0.29) is 5.02 Å². The standard InChI is InChI=1S/C8H6BrClFNO/c9-6-7(11)4(10)3-5-8(6)12-1-2-13-5/h3,12H,1-2H2. The molecule has 1 aliphatic heterocycles. The zero-order valence-electron chi connectivity index (χ0n) is 6.53. The Bertz CT molecular complexity index is 358. The maximum atomic E-state index is 13.2. The first kappa shape index (κ1) is 9.09. The van der Waals surface area contributed by atoms with Gasteiger partial charge in [-0.2, -0.15) is 0 Å². The van der Waals surface area contributed by atoms with Crippen molar-refractivity contribution in [3.63, 3.8) is 0 Å². The number of hydrogen-bond acceptors (Lipinski definition) is 2. The van der Waals surface area contributed by atoms with Crippen molar-refractivity contribution in [2.75, 3.05) is 18.5 Å². The van der Waals surface area contributed by atoms with Crippen LogP contribution >= 0.6 is 27.5 Å². The van der Waals surface area contributed by atoms with Crippen LogP contribution < -0.4 is 10.1 Å². The molecule has 1 N–H and O–H groups in total. The molecule has 0 saturated heterocycles. The molecule has 1 heterocycles. The fraction of sp³-hybridized carbons (Fsp3) is 0.250. The lowest BCUT2D eigenvalue weighted by Gasteiger charge is -2.20. The lowest BCUT2D eigenvalue weighted by molar-refractivity contribution is 0.322. The van der Waals surface area contributed by atoms with Gasteiger partial charge in [0, 0.05) is 12.6 Å². The molecule has 0 unspecified atom stereocenters. The first-order chi connectivity index (χ1) is 6.20.